The Kier molecular flexibility index (Phi) is 4.24. The van der Waals surface area contributed by atoms with Crippen LogP contribution in [0.3, 0.4) is 0 Å². The van der Waals surface area contributed by atoms with Crippen molar-refractivity contribution in [3.05, 3.63) is 36.4 Å². The highest BCUT2D eigenvalue weighted by molar-refractivity contribution is 5.62. The van der Waals surface area contributed by atoms with Gasteiger partial charge in [-0.15, -0.1) is 0 Å². The number of hydrogen-bond acceptors (Lipinski definition) is 1. The Morgan fingerprint density at radius 1 is 1.43 bits per heavy atom. The van der Waals surface area contributed by atoms with Gasteiger partial charge in [0.25, 0.3) is 0 Å². The molecular weight excluding hydrogens is 172 g/mol. The molecule has 0 spiro atoms. The van der Waals surface area contributed by atoms with Crippen LogP contribution in [-0.2, 0) is 0 Å². The maximum Gasteiger partial charge on any atom is 0.119 e. The lowest BCUT2D eigenvalue weighted by Gasteiger charge is -2.07. The third-order valence-electron chi connectivity index (χ3n) is 2.09. The summed E-state index contributed by atoms with van der Waals surface area (Å²) in [4.78, 5) is 0. The van der Waals surface area contributed by atoms with E-state index in [1.54, 1.807) is 0 Å². The van der Waals surface area contributed by atoms with Crippen molar-refractivity contribution in [3.63, 3.8) is 0 Å². The number of ether oxygens (including phenoxy) is 1. The Morgan fingerprint density at radius 3 is 2.86 bits per heavy atom. The summed E-state index contributed by atoms with van der Waals surface area (Å²) >= 11 is 0. The minimum Gasteiger partial charge on any atom is -0.494 e. The van der Waals surface area contributed by atoms with Crippen LogP contribution >= 0.6 is 0 Å². The van der Waals surface area contributed by atoms with Crippen LogP contribution in [0, 0.1) is 0 Å². The Bertz CT molecular complexity index is 302. The highest BCUT2D eigenvalue weighted by Gasteiger charge is 1.96. The molecule has 0 bridgehead atoms. The molecule has 0 aromatic heterocycles. The van der Waals surface area contributed by atoms with Gasteiger partial charge in [0, 0.05) is 0 Å². The Morgan fingerprint density at radius 2 is 2.21 bits per heavy atom. The average Bonchev–Trinajstić information content (AvgIpc) is 2.19. The second-order valence-corrected chi connectivity index (χ2v) is 3.51. The number of rotatable bonds is 5. The molecule has 76 valence electrons. The molecule has 1 nitrogen and oxygen atoms in total. The smallest absolute Gasteiger partial charge is 0.119 e. The van der Waals surface area contributed by atoms with Crippen molar-refractivity contribution in [1.82, 2.24) is 0 Å². The van der Waals surface area contributed by atoms with Crippen molar-refractivity contribution in [2.24, 2.45) is 0 Å². The maximum absolute atomic E-state index is 5.60. The van der Waals surface area contributed by atoms with Crippen LogP contribution < -0.4 is 4.74 Å². The van der Waals surface area contributed by atoms with Crippen LogP contribution in [-0.4, -0.2) is 6.61 Å². The fourth-order valence-corrected chi connectivity index (χ4v) is 1.19. The average molecular weight is 190 g/mol. The molecule has 0 unspecified atom stereocenters. The van der Waals surface area contributed by atoms with E-state index in [2.05, 4.69) is 19.6 Å². The molecule has 0 saturated heterocycles. The number of benzene rings is 1. The van der Waals surface area contributed by atoms with E-state index in [1.165, 1.54) is 6.42 Å². The summed E-state index contributed by atoms with van der Waals surface area (Å²) < 4.78 is 5.60. The van der Waals surface area contributed by atoms with Crippen LogP contribution in [0.2, 0.25) is 0 Å². The van der Waals surface area contributed by atoms with Crippen LogP contribution in [0.4, 0.5) is 0 Å². The summed E-state index contributed by atoms with van der Waals surface area (Å²) in [5.41, 5.74) is 2.23. The molecule has 14 heavy (non-hydrogen) atoms. The van der Waals surface area contributed by atoms with Crippen molar-refractivity contribution >= 4 is 5.57 Å². The first-order chi connectivity index (χ1) is 6.74. The highest BCUT2D eigenvalue weighted by atomic mass is 16.5. The molecule has 1 heteroatoms. The van der Waals surface area contributed by atoms with Crippen LogP contribution in [0.15, 0.2) is 30.8 Å². The summed E-state index contributed by atoms with van der Waals surface area (Å²) in [7, 11) is 0. The first kappa shape index (κ1) is 10.8. The van der Waals surface area contributed by atoms with E-state index >= 15 is 0 Å². The summed E-state index contributed by atoms with van der Waals surface area (Å²) in [5.74, 6) is 0.943. The van der Waals surface area contributed by atoms with Gasteiger partial charge in [0.05, 0.1) is 6.61 Å². The summed E-state index contributed by atoms with van der Waals surface area (Å²) in [6.45, 7) is 8.87. The largest absolute Gasteiger partial charge is 0.494 e. The van der Waals surface area contributed by atoms with Crippen molar-refractivity contribution < 1.29 is 4.74 Å². The molecule has 0 N–H and O–H groups in total. The van der Waals surface area contributed by atoms with Crippen molar-refractivity contribution in [1.29, 1.82) is 0 Å². The van der Waals surface area contributed by atoms with E-state index in [0.717, 1.165) is 29.9 Å². The quantitative estimate of drug-likeness (QED) is 0.640. The molecule has 0 radical (unpaired) electrons. The van der Waals surface area contributed by atoms with E-state index in [-0.39, 0.29) is 0 Å². The summed E-state index contributed by atoms with van der Waals surface area (Å²) in [6, 6.07) is 8.08. The predicted octanol–water partition coefficient (Wildman–Crippen LogP) is 3.90. The zero-order valence-corrected chi connectivity index (χ0v) is 9.05. The highest BCUT2D eigenvalue weighted by Crippen LogP contribution is 2.18. The number of hydrogen-bond donors (Lipinski definition) is 0. The first-order valence-electron chi connectivity index (χ1n) is 5.12. The van der Waals surface area contributed by atoms with Gasteiger partial charge < -0.3 is 4.74 Å². The minimum atomic E-state index is 0.802. The van der Waals surface area contributed by atoms with Crippen LogP contribution in [0.25, 0.3) is 5.57 Å². The second-order valence-electron chi connectivity index (χ2n) is 3.51. The second kappa shape index (κ2) is 5.48. The van der Waals surface area contributed by atoms with E-state index in [0.29, 0.717) is 0 Å². The molecule has 1 rings (SSSR count). The molecular formula is C13H18O. The molecule has 1 aromatic carbocycles. The number of allylic oxidation sites excluding steroid dienone is 1. The summed E-state index contributed by atoms with van der Waals surface area (Å²) in [5, 5.41) is 0. The Balaban J connectivity index is 2.59. The lowest BCUT2D eigenvalue weighted by Crippen LogP contribution is -1.96. The molecule has 0 amide bonds. The third-order valence-corrected chi connectivity index (χ3v) is 2.09. The molecule has 0 atom stereocenters. The van der Waals surface area contributed by atoms with Gasteiger partial charge in [-0.2, -0.15) is 0 Å². The zero-order chi connectivity index (χ0) is 10.4. The normalized spacial score (nSPS) is 9.86. The molecule has 0 aliphatic carbocycles. The molecule has 0 aliphatic rings. The summed E-state index contributed by atoms with van der Waals surface area (Å²) in [6.07, 6.45) is 2.28. The SMILES string of the molecule is C=C(C)c1cccc(OCCCC)c1. The molecule has 0 fully saturated rings. The predicted molar refractivity (Wildman–Crippen MR) is 61.6 cm³/mol. The Labute approximate surface area is 86.4 Å². The van der Waals surface area contributed by atoms with Gasteiger partial charge in [-0.3, -0.25) is 0 Å². The molecule has 0 saturated carbocycles. The monoisotopic (exact) mass is 190 g/mol. The van der Waals surface area contributed by atoms with E-state index < -0.39 is 0 Å². The third kappa shape index (κ3) is 3.25. The van der Waals surface area contributed by atoms with Crippen LogP contribution in [0.1, 0.15) is 32.3 Å². The van der Waals surface area contributed by atoms with E-state index in [9.17, 15) is 0 Å². The standard InChI is InChI=1S/C13H18O/c1-4-5-9-14-13-8-6-7-12(10-13)11(2)3/h6-8,10H,2,4-5,9H2,1,3H3. The molecule has 1 aromatic rings. The topological polar surface area (TPSA) is 9.23 Å². The maximum atomic E-state index is 5.60. The van der Waals surface area contributed by atoms with Crippen molar-refractivity contribution in [2.45, 2.75) is 26.7 Å². The molecule has 0 heterocycles. The van der Waals surface area contributed by atoms with Crippen LogP contribution in [0.5, 0.6) is 5.75 Å². The van der Waals surface area contributed by atoms with Gasteiger partial charge in [-0.1, -0.05) is 37.6 Å². The molecule has 0 aliphatic heterocycles. The van der Waals surface area contributed by atoms with E-state index in [1.807, 2.05) is 25.1 Å². The van der Waals surface area contributed by atoms with Crippen molar-refractivity contribution in [3.8, 4) is 5.75 Å². The van der Waals surface area contributed by atoms with Gasteiger partial charge in [0.1, 0.15) is 5.75 Å². The van der Waals surface area contributed by atoms with Gasteiger partial charge in [0.15, 0.2) is 0 Å². The van der Waals surface area contributed by atoms with Gasteiger partial charge in [-0.25, -0.2) is 0 Å². The van der Waals surface area contributed by atoms with Gasteiger partial charge in [-0.05, 0) is 31.0 Å². The van der Waals surface area contributed by atoms with Gasteiger partial charge >= 0.3 is 0 Å². The van der Waals surface area contributed by atoms with Gasteiger partial charge in [0.2, 0.25) is 0 Å². The minimum absolute atomic E-state index is 0.802. The number of unbranched alkanes of at least 4 members (excludes halogenated alkanes) is 1. The Hall–Kier alpha value is -1.24. The fourth-order valence-electron chi connectivity index (χ4n) is 1.19. The van der Waals surface area contributed by atoms with Crippen molar-refractivity contribution in [2.75, 3.05) is 6.61 Å². The zero-order valence-electron chi connectivity index (χ0n) is 9.05. The lowest BCUT2D eigenvalue weighted by molar-refractivity contribution is 0.309. The first-order valence-corrected chi connectivity index (χ1v) is 5.12. The van der Waals surface area contributed by atoms with E-state index in [4.69, 9.17) is 4.74 Å². The lowest BCUT2D eigenvalue weighted by atomic mass is 10.1. The fraction of sp³-hybridized carbons (Fsp3) is 0.385.